The number of anilines is 1. The summed E-state index contributed by atoms with van der Waals surface area (Å²) in [5.74, 6) is -1.04. The summed E-state index contributed by atoms with van der Waals surface area (Å²) in [7, 11) is 0. The second-order valence-electron chi connectivity index (χ2n) is 6.44. The van der Waals surface area contributed by atoms with Crippen molar-refractivity contribution in [3.05, 3.63) is 50.9 Å². The molecule has 2 heterocycles. The number of hydrogen-bond acceptors (Lipinski definition) is 5. The molecule has 3 aromatic rings. The van der Waals surface area contributed by atoms with Crippen LogP contribution in [0.5, 0.6) is 5.75 Å². The normalized spacial score (nSPS) is 16.2. The highest BCUT2D eigenvalue weighted by atomic mass is 35.5. The molecule has 0 spiro atoms. The zero-order chi connectivity index (χ0) is 20.0. The Morgan fingerprint density at radius 2 is 2.11 bits per heavy atom. The van der Waals surface area contributed by atoms with Crippen molar-refractivity contribution in [2.45, 2.75) is 26.0 Å². The van der Waals surface area contributed by atoms with Gasteiger partial charge in [-0.15, -0.1) is 11.3 Å². The summed E-state index contributed by atoms with van der Waals surface area (Å²) in [6, 6.07) is 8.83. The molecule has 2 aromatic carbocycles. The molecule has 28 heavy (non-hydrogen) atoms. The molecule has 0 radical (unpaired) electrons. The topological polar surface area (TPSA) is 79.7 Å². The van der Waals surface area contributed by atoms with E-state index in [1.165, 1.54) is 16.2 Å². The van der Waals surface area contributed by atoms with Gasteiger partial charge in [0.25, 0.3) is 5.91 Å². The third-order valence-electron chi connectivity index (χ3n) is 4.33. The number of thiazole rings is 1. The van der Waals surface area contributed by atoms with Gasteiger partial charge < -0.3 is 9.84 Å². The summed E-state index contributed by atoms with van der Waals surface area (Å²) in [6.45, 7) is 2.09. The van der Waals surface area contributed by atoms with Gasteiger partial charge >= 0.3 is 5.97 Å². The van der Waals surface area contributed by atoms with Gasteiger partial charge in [-0.2, -0.15) is 0 Å². The van der Waals surface area contributed by atoms with E-state index in [-0.39, 0.29) is 6.54 Å². The first-order valence-electron chi connectivity index (χ1n) is 8.37. The minimum Gasteiger partial charge on any atom is -0.481 e. The molecular formula is C19H14Cl2N2O4S. The largest absolute Gasteiger partial charge is 0.481 e. The Morgan fingerprint density at radius 3 is 2.86 bits per heavy atom. The molecule has 0 saturated carbocycles. The van der Waals surface area contributed by atoms with Gasteiger partial charge in [-0.05, 0) is 36.8 Å². The van der Waals surface area contributed by atoms with E-state index < -0.39 is 24.4 Å². The molecule has 1 aromatic heterocycles. The SMILES string of the molecule is Cc1ccc2c(c1)N(Cc1nc3c(Cl)cc(Cl)cc3s1)C(=O)C(CC(=O)O)O2. The molecule has 144 valence electrons. The lowest BCUT2D eigenvalue weighted by Gasteiger charge is -2.33. The zero-order valence-corrected chi connectivity index (χ0v) is 16.9. The first-order valence-corrected chi connectivity index (χ1v) is 9.94. The summed E-state index contributed by atoms with van der Waals surface area (Å²) >= 11 is 13.7. The average molecular weight is 437 g/mol. The van der Waals surface area contributed by atoms with Crippen LogP contribution < -0.4 is 9.64 Å². The predicted octanol–water partition coefficient (Wildman–Crippen LogP) is 4.68. The third-order valence-corrected chi connectivity index (χ3v) is 5.82. The van der Waals surface area contributed by atoms with Crippen LogP contribution in [0.1, 0.15) is 17.0 Å². The number of carboxylic acid groups (broad SMARTS) is 1. The minimum atomic E-state index is -1.10. The molecule has 0 fully saturated rings. The number of nitrogens with zero attached hydrogens (tertiary/aromatic N) is 2. The van der Waals surface area contributed by atoms with Gasteiger partial charge in [0.2, 0.25) is 0 Å². The number of benzene rings is 2. The van der Waals surface area contributed by atoms with Crippen molar-refractivity contribution in [2.75, 3.05) is 4.90 Å². The highest BCUT2D eigenvalue weighted by Gasteiger charge is 2.36. The van der Waals surface area contributed by atoms with Gasteiger partial charge in [-0.1, -0.05) is 29.3 Å². The molecule has 4 rings (SSSR count). The molecule has 0 aliphatic carbocycles. The third kappa shape index (κ3) is 3.53. The molecule has 9 heteroatoms. The fraction of sp³-hybridized carbons (Fsp3) is 0.211. The minimum absolute atomic E-state index is 0.183. The second kappa shape index (κ2) is 7.24. The lowest BCUT2D eigenvalue weighted by Crippen LogP contribution is -2.46. The van der Waals surface area contributed by atoms with Crippen LogP contribution in [0.3, 0.4) is 0 Å². The summed E-state index contributed by atoms with van der Waals surface area (Å²) in [5, 5.41) is 10.7. The molecule has 1 aliphatic rings. The van der Waals surface area contributed by atoms with Crippen molar-refractivity contribution in [1.29, 1.82) is 0 Å². The van der Waals surface area contributed by atoms with Gasteiger partial charge in [0, 0.05) is 5.02 Å². The number of carbonyl (C=O) groups excluding carboxylic acids is 1. The molecule has 0 bridgehead atoms. The van der Waals surface area contributed by atoms with E-state index in [2.05, 4.69) is 4.98 Å². The van der Waals surface area contributed by atoms with Crippen molar-refractivity contribution >= 4 is 62.3 Å². The Balaban J connectivity index is 1.74. The maximum atomic E-state index is 12.9. The maximum absolute atomic E-state index is 12.9. The smallest absolute Gasteiger partial charge is 0.307 e. The Hall–Kier alpha value is -2.35. The quantitative estimate of drug-likeness (QED) is 0.641. The molecular weight excluding hydrogens is 423 g/mol. The second-order valence-corrected chi connectivity index (χ2v) is 8.40. The standard InChI is InChI=1S/C19H14Cl2N2O4S/c1-9-2-3-13-12(4-9)23(19(26)14(27-13)7-17(24)25)8-16-22-18-11(21)5-10(20)6-15(18)28-16/h2-6,14H,7-8H2,1H3,(H,24,25). The number of ether oxygens (including phenoxy) is 1. The zero-order valence-electron chi connectivity index (χ0n) is 14.6. The maximum Gasteiger partial charge on any atom is 0.307 e. The Bertz CT molecular complexity index is 1110. The number of fused-ring (bicyclic) bond motifs is 2. The van der Waals surface area contributed by atoms with Gasteiger partial charge in [-0.3, -0.25) is 14.5 Å². The molecule has 1 N–H and O–H groups in total. The number of aliphatic carboxylic acids is 1. The van der Waals surface area contributed by atoms with Crippen LogP contribution in [-0.4, -0.2) is 28.1 Å². The molecule has 0 saturated heterocycles. The van der Waals surface area contributed by atoms with Crippen LogP contribution in [0.15, 0.2) is 30.3 Å². The van der Waals surface area contributed by atoms with E-state index in [9.17, 15) is 9.59 Å². The monoisotopic (exact) mass is 436 g/mol. The molecule has 1 atom stereocenters. The Kier molecular flexibility index (Phi) is 4.91. The number of hydrogen-bond donors (Lipinski definition) is 1. The summed E-state index contributed by atoms with van der Waals surface area (Å²) in [6.07, 6.45) is -1.50. The highest BCUT2D eigenvalue weighted by molar-refractivity contribution is 7.18. The summed E-state index contributed by atoms with van der Waals surface area (Å²) < 4.78 is 6.46. The number of carboxylic acids is 1. The fourth-order valence-corrected chi connectivity index (χ4v) is 4.77. The lowest BCUT2D eigenvalue weighted by molar-refractivity contribution is -0.142. The molecule has 6 nitrogen and oxygen atoms in total. The van der Waals surface area contributed by atoms with Crippen LogP contribution >= 0.6 is 34.5 Å². The van der Waals surface area contributed by atoms with Crippen molar-refractivity contribution in [3.8, 4) is 5.75 Å². The number of rotatable bonds is 4. The van der Waals surface area contributed by atoms with E-state index in [4.69, 9.17) is 33.0 Å². The fourth-order valence-electron chi connectivity index (χ4n) is 3.09. The van der Waals surface area contributed by atoms with Crippen LogP contribution in [0.25, 0.3) is 10.2 Å². The Labute approximate surface area is 174 Å². The van der Waals surface area contributed by atoms with Crippen molar-refractivity contribution in [2.24, 2.45) is 0 Å². The molecule has 1 aliphatic heterocycles. The molecule has 1 amide bonds. The van der Waals surface area contributed by atoms with Gasteiger partial charge in [0.1, 0.15) is 16.3 Å². The van der Waals surface area contributed by atoms with Gasteiger partial charge in [0.05, 0.1) is 28.4 Å². The number of amides is 1. The van der Waals surface area contributed by atoms with Gasteiger partial charge in [0.15, 0.2) is 6.10 Å². The van der Waals surface area contributed by atoms with Crippen molar-refractivity contribution in [3.63, 3.8) is 0 Å². The molecule has 1 unspecified atom stereocenters. The van der Waals surface area contributed by atoms with Crippen LogP contribution in [0, 0.1) is 6.92 Å². The van der Waals surface area contributed by atoms with E-state index in [1.807, 2.05) is 19.1 Å². The van der Waals surface area contributed by atoms with Crippen LogP contribution in [0.2, 0.25) is 10.0 Å². The number of carbonyl (C=O) groups is 2. The summed E-state index contributed by atoms with van der Waals surface area (Å²) in [4.78, 5) is 30.1. The van der Waals surface area contributed by atoms with Crippen LogP contribution in [0.4, 0.5) is 5.69 Å². The number of halogens is 2. The summed E-state index contributed by atoms with van der Waals surface area (Å²) in [5.41, 5.74) is 2.17. The average Bonchev–Trinajstić information content (AvgIpc) is 3.01. The van der Waals surface area contributed by atoms with Crippen LogP contribution in [-0.2, 0) is 16.1 Å². The highest BCUT2D eigenvalue weighted by Crippen LogP contribution is 2.38. The van der Waals surface area contributed by atoms with Crippen molar-refractivity contribution < 1.29 is 19.4 Å². The number of aryl methyl sites for hydroxylation is 1. The number of aromatic nitrogens is 1. The van der Waals surface area contributed by atoms with Crippen molar-refractivity contribution in [1.82, 2.24) is 4.98 Å². The van der Waals surface area contributed by atoms with E-state index in [0.717, 1.165) is 10.3 Å². The first kappa shape index (κ1) is 19.0. The predicted molar refractivity (Wildman–Crippen MR) is 109 cm³/mol. The van der Waals surface area contributed by atoms with Gasteiger partial charge in [-0.25, -0.2) is 4.98 Å². The Morgan fingerprint density at radius 1 is 1.32 bits per heavy atom. The van der Waals surface area contributed by atoms with E-state index >= 15 is 0 Å². The lowest BCUT2D eigenvalue weighted by atomic mass is 10.1. The first-order chi connectivity index (χ1) is 13.3. The van der Waals surface area contributed by atoms with E-state index in [1.54, 1.807) is 18.2 Å². The van der Waals surface area contributed by atoms with E-state index in [0.29, 0.717) is 32.0 Å².